The number of aromatic nitrogens is 4. The smallest absolute Gasteiger partial charge is 0.146 e. The van der Waals surface area contributed by atoms with Gasteiger partial charge in [-0.25, -0.2) is 4.98 Å². The molecule has 4 heteroatoms. The molecule has 9 aromatic carbocycles. The quantitative estimate of drug-likeness (QED) is 0.170. The summed E-state index contributed by atoms with van der Waals surface area (Å²) >= 11 is 0. The first-order chi connectivity index (χ1) is 32.5. The van der Waals surface area contributed by atoms with E-state index >= 15 is 0 Å². The number of benzene rings is 9. The van der Waals surface area contributed by atoms with Crippen LogP contribution in [0.2, 0.25) is 0 Å². The molecule has 318 valence electrons. The summed E-state index contributed by atoms with van der Waals surface area (Å²) < 4.78 is 7.47. The minimum Gasteiger partial charge on any atom is -0.309 e. The van der Waals surface area contributed by atoms with Crippen molar-refractivity contribution in [2.24, 2.45) is 0 Å². The Morgan fingerprint density at radius 2 is 1.00 bits per heavy atom. The van der Waals surface area contributed by atoms with Crippen molar-refractivity contribution in [1.82, 2.24) is 18.4 Å². The monoisotopic (exact) mass is 858 g/mol. The van der Waals surface area contributed by atoms with E-state index < -0.39 is 0 Å². The molecule has 0 spiro atoms. The number of hydrogen-bond donors (Lipinski definition) is 0. The highest BCUT2D eigenvalue weighted by Gasteiger charge is 2.29. The summed E-state index contributed by atoms with van der Waals surface area (Å²) in [5, 5.41) is 16.4. The molecule has 0 unspecified atom stereocenters. The summed E-state index contributed by atoms with van der Waals surface area (Å²) in [7, 11) is 0. The molecule has 0 atom stereocenters. The molecule has 4 nitrogen and oxygen atoms in total. The second-order valence-corrected chi connectivity index (χ2v) is 21.2. The van der Waals surface area contributed by atoms with Crippen LogP contribution < -0.4 is 0 Å². The average Bonchev–Trinajstić information content (AvgIpc) is 4.12. The van der Waals surface area contributed by atoms with E-state index in [1.165, 1.54) is 125 Å². The van der Waals surface area contributed by atoms with Crippen LogP contribution in [0.5, 0.6) is 0 Å². The highest BCUT2D eigenvalue weighted by atomic mass is 15.0. The third kappa shape index (κ3) is 4.79. The minimum absolute atomic E-state index is 0.0249. The number of hydrogen-bond acceptors (Lipinski definition) is 1. The minimum atomic E-state index is -0.0820. The largest absolute Gasteiger partial charge is 0.309 e. The zero-order chi connectivity index (χ0) is 44.8. The predicted octanol–water partition coefficient (Wildman–Crippen LogP) is 17.0. The maximum absolute atomic E-state index is 5.95. The molecule has 67 heavy (non-hydrogen) atoms. The molecule has 15 rings (SSSR count). The molecule has 0 aliphatic carbocycles. The van der Waals surface area contributed by atoms with Crippen LogP contribution in [0.25, 0.3) is 137 Å². The maximum Gasteiger partial charge on any atom is 0.146 e. The van der Waals surface area contributed by atoms with E-state index in [1.54, 1.807) is 0 Å². The van der Waals surface area contributed by atoms with Crippen molar-refractivity contribution in [2.45, 2.75) is 52.4 Å². The van der Waals surface area contributed by atoms with E-state index in [0.29, 0.717) is 0 Å². The molecular weight excluding hydrogens is 813 g/mol. The Kier molecular flexibility index (Phi) is 6.94. The topological polar surface area (TPSA) is 26.6 Å². The molecular formula is C63H46N4. The van der Waals surface area contributed by atoms with Gasteiger partial charge in [0.25, 0.3) is 0 Å². The van der Waals surface area contributed by atoms with Crippen molar-refractivity contribution in [1.29, 1.82) is 0 Å². The van der Waals surface area contributed by atoms with E-state index in [4.69, 9.17) is 4.98 Å². The molecule has 0 amide bonds. The first-order valence-electron chi connectivity index (χ1n) is 23.7. The second-order valence-electron chi connectivity index (χ2n) is 21.2. The molecule has 0 aliphatic rings. The Morgan fingerprint density at radius 1 is 0.373 bits per heavy atom. The summed E-state index contributed by atoms with van der Waals surface area (Å²) in [6, 6.07) is 64.0. The van der Waals surface area contributed by atoms with Gasteiger partial charge in [-0.15, -0.1) is 0 Å². The second kappa shape index (κ2) is 12.5. The van der Waals surface area contributed by atoms with Crippen molar-refractivity contribution in [3.8, 4) is 16.8 Å². The van der Waals surface area contributed by atoms with E-state index in [2.05, 4.69) is 225 Å². The lowest BCUT2D eigenvalue weighted by atomic mass is 9.85. The van der Waals surface area contributed by atoms with Crippen molar-refractivity contribution < 1.29 is 0 Å². The summed E-state index contributed by atoms with van der Waals surface area (Å²) in [5.74, 6) is 0. The predicted molar refractivity (Wildman–Crippen MR) is 286 cm³/mol. The maximum atomic E-state index is 5.95. The van der Waals surface area contributed by atoms with Crippen LogP contribution in [-0.4, -0.2) is 18.4 Å². The third-order valence-electron chi connectivity index (χ3n) is 15.3. The van der Waals surface area contributed by atoms with Gasteiger partial charge in [-0.3, -0.25) is 4.40 Å². The van der Waals surface area contributed by atoms with E-state index in [9.17, 15) is 0 Å². The molecule has 0 aliphatic heterocycles. The van der Waals surface area contributed by atoms with E-state index in [1.807, 2.05) is 0 Å². The first kappa shape index (κ1) is 37.3. The fourth-order valence-electron chi connectivity index (χ4n) is 12.1. The van der Waals surface area contributed by atoms with Crippen molar-refractivity contribution in [3.63, 3.8) is 0 Å². The molecule has 0 fully saturated rings. The Morgan fingerprint density at radius 3 is 1.76 bits per heavy atom. The van der Waals surface area contributed by atoms with E-state index in [-0.39, 0.29) is 10.8 Å². The van der Waals surface area contributed by atoms with Gasteiger partial charge < -0.3 is 8.97 Å². The van der Waals surface area contributed by atoms with Crippen LogP contribution in [0.3, 0.4) is 0 Å². The Hall–Kier alpha value is -7.95. The number of fused-ring (bicyclic) bond motifs is 19. The van der Waals surface area contributed by atoms with Gasteiger partial charge >= 0.3 is 0 Å². The van der Waals surface area contributed by atoms with E-state index in [0.717, 1.165) is 22.4 Å². The van der Waals surface area contributed by atoms with Crippen molar-refractivity contribution in [2.75, 3.05) is 0 Å². The number of para-hydroxylation sites is 2. The molecule has 0 N–H and O–H groups in total. The van der Waals surface area contributed by atoms with Crippen LogP contribution in [0.15, 0.2) is 170 Å². The van der Waals surface area contributed by atoms with Crippen LogP contribution in [0, 0.1) is 0 Å². The van der Waals surface area contributed by atoms with Crippen molar-refractivity contribution >= 4 is 120 Å². The van der Waals surface area contributed by atoms with Gasteiger partial charge in [0.2, 0.25) is 0 Å². The standard InChI is InChI=1S/C63H46N4/c1-62(2,3)38-25-27-53-48(31-38)55-41-20-12-11-17-36(41)30-50-57-54(66(53)60(50)55)34-47-46-32-39(63(4,5)6)33-49-56-42-21-13-10-16-35(42)28-44(59(56)67(58(46)49)61(47)64-57)37-24-26-52-45(29-37)43-22-14-15-23-51(43)65(52)40-18-8-7-9-19-40/h7-34H,1-6H3. The van der Waals surface area contributed by atoms with Crippen LogP contribution in [0.4, 0.5) is 0 Å². The van der Waals surface area contributed by atoms with Gasteiger partial charge in [-0.1, -0.05) is 139 Å². The highest BCUT2D eigenvalue weighted by Crippen LogP contribution is 2.50. The zero-order valence-corrected chi connectivity index (χ0v) is 38.5. The fraction of sp³-hybridized carbons (Fsp3) is 0.127. The zero-order valence-electron chi connectivity index (χ0n) is 38.5. The fourth-order valence-corrected chi connectivity index (χ4v) is 12.1. The Balaban J connectivity index is 1.13. The number of rotatable bonds is 2. The van der Waals surface area contributed by atoms with Crippen LogP contribution in [-0.2, 0) is 10.8 Å². The number of nitrogens with zero attached hydrogens (tertiary/aromatic N) is 4. The lowest BCUT2D eigenvalue weighted by Gasteiger charge is -2.19. The van der Waals surface area contributed by atoms with Gasteiger partial charge in [-0.05, 0) is 122 Å². The van der Waals surface area contributed by atoms with Gasteiger partial charge in [0.15, 0.2) is 0 Å². The average molecular weight is 859 g/mol. The molecule has 0 saturated carbocycles. The molecule has 0 bridgehead atoms. The van der Waals surface area contributed by atoms with Crippen LogP contribution >= 0.6 is 0 Å². The molecule has 0 saturated heterocycles. The summed E-state index contributed by atoms with van der Waals surface area (Å²) in [5.41, 5.74) is 16.7. The summed E-state index contributed by atoms with van der Waals surface area (Å²) in [4.78, 5) is 5.95. The van der Waals surface area contributed by atoms with Gasteiger partial charge in [-0.2, -0.15) is 0 Å². The van der Waals surface area contributed by atoms with Gasteiger partial charge in [0, 0.05) is 59.7 Å². The molecule has 6 heterocycles. The Labute approximate surface area is 386 Å². The van der Waals surface area contributed by atoms with Crippen molar-refractivity contribution in [3.05, 3.63) is 181 Å². The normalized spacial score (nSPS) is 13.2. The number of pyridine rings is 1. The third-order valence-corrected chi connectivity index (χ3v) is 15.3. The van der Waals surface area contributed by atoms with Crippen LogP contribution in [0.1, 0.15) is 52.7 Å². The van der Waals surface area contributed by atoms with Gasteiger partial charge in [0.1, 0.15) is 5.65 Å². The van der Waals surface area contributed by atoms with Gasteiger partial charge in [0.05, 0.1) is 44.1 Å². The lowest BCUT2D eigenvalue weighted by Crippen LogP contribution is -2.10. The molecule has 0 radical (unpaired) electrons. The first-order valence-corrected chi connectivity index (χ1v) is 23.7. The molecule has 15 aromatic rings. The summed E-state index contributed by atoms with van der Waals surface area (Å²) in [6.07, 6.45) is 0. The molecule has 6 aromatic heterocycles. The summed E-state index contributed by atoms with van der Waals surface area (Å²) in [6.45, 7) is 14.0. The lowest BCUT2D eigenvalue weighted by molar-refractivity contribution is 0.591. The SMILES string of the molecule is CC(C)(C)c1ccc2c(c1)c1c3ccccc3cc3c4nc5c(cc4n2c31)c1cc(C(C)(C)C)cc2c3c4ccccc4cc(-c4ccc6c(c4)c4ccccc4n6-c4ccccc4)c3n5c12. The Bertz CT molecular complexity index is 4620. The highest BCUT2D eigenvalue weighted by molar-refractivity contribution is 6.34.